The third-order valence-corrected chi connectivity index (χ3v) is 2.77. The molecule has 1 fully saturated rings. The molecule has 2 rings (SSSR count). The molecular weight excluding hydrogens is 180 g/mol. The zero-order chi connectivity index (χ0) is 10.1. The van der Waals surface area contributed by atoms with Crippen molar-refractivity contribution in [3.8, 4) is 0 Å². The van der Waals surface area contributed by atoms with Crippen LogP contribution in [0.15, 0.2) is 4.52 Å². The normalized spacial score (nSPS) is 25.9. The fourth-order valence-corrected chi connectivity index (χ4v) is 1.55. The quantitative estimate of drug-likeness (QED) is 0.771. The molecular formula is C9H16N4O. The van der Waals surface area contributed by atoms with E-state index in [1.807, 2.05) is 11.9 Å². The average molecular weight is 196 g/mol. The lowest BCUT2D eigenvalue weighted by molar-refractivity contribution is 0.264. The standard InChI is InChI=1S/C9H16N4O/c1-3-13(2)9-11-8(14-12-9)6-4-7(10)5-6/h6-7H,3-5,10H2,1-2H3. The van der Waals surface area contributed by atoms with E-state index in [0.717, 1.165) is 25.3 Å². The summed E-state index contributed by atoms with van der Waals surface area (Å²) >= 11 is 0. The summed E-state index contributed by atoms with van der Waals surface area (Å²) < 4.78 is 5.18. The van der Waals surface area contributed by atoms with Gasteiger partial charge in [-0.1, -0.05) is 0 Å². The van der Waals surface area contributed by atoms with Gasteiger partial charge in [-0.15, -0.1) is 0 Å². The summed E-state index contributed by atoms with van der Waals surface area (Å²) in [6, 6.07) is 0.319. The third-order valence-electron chi connectivity index (χ3n) is 2.77. The van der Waals surface area contributed by atoms with Crippen molar-refractivity contribution in [2.24, 2.45) is 5.73 Å². The summed E-state index contributed by atoms with van der Waals surface area (Å²) in [5.41, 5.74) is 5.70. The summed E-state index contributed by atoms with van der Waals surface area (Å²) in [5.74, 6) is 1.79. The largest absolute Gasteiger partial charge is 0.342 e. The number of aromatic nitrogens is 2. The van der Waals surface area contributed by atoms with Crippen molar-refractivity contribution in [3.05, 3.63) is 5.89 Å². The highest BCUT2D eigenvalue weighted by Gasteiger charge is 2.32. The molecule has 1 aromatic rings. The Hall–Kier alpha value is -1.10. The average Bonchev–Trinajstić information content (AvgIpc) is 2.60. The number of hydrogen-bond acceptors (Lipinski definition) is 5. The first-order valence-corrected chi connectivity index (χ1v) is 5.01. The lowest BCUT2D eigenvalue weighted by Gasteiger charge is -2.28. The summed E-state index contributed by atoms with van der Waals surface area (Å²) in [4.78, 5) is 6.28. The van der Waals surface area contributed by atoms with Gasteiger partial charge >= 0.3 is 0 Å². The van der Waals surface area contributed by atoms with Gasteiger partial charge in [-0.3, -0.25) is 0 Å². The predicted octanol–water partition coefficient (Wildman–Crippen LogP) is 0.730. The maximum Gasteiger partial charge on any atom is 0.265 e. The molecule has 1 heterocycles. The second-order valence-corrected chi connectivity index (χ2v) is 3.88. The number of anilines is 1. The molecule has 0 bridgehead atoms. The van der Waals surface area contributed by atoms with Crippen LogP contribution in [0.2, 0.25) is 0 Å². The zero-order valence-electron chi connectivity index (χ0n) is 8.60. The van der Waals surface area contributed by atoms with Crippen LogP contribution in [0.4, 0.5) is 5.95 Å². The second-order valence-electron chi connectivity index (χ2n) is 3.88. The van der Waals surface area contributed by atoms with Crippen LogP contribution >= 0.6 is 0 Å². The molecule has 5 heteroatoms. The molecule has 5 nitrogen and oxygen atoms in total. The highest BCUT2D eigenvalue weighted by Crippen LogP contribution is 2.34. The van der Waals surface area contributed by atoms with E-state index in [-0.39, 0.29) is 0 Å². The fourth-order valence-electron chi connectivity index (χ4n) is 1.55. The first-order chi connectivity index (χ1) is 6.70. The second kappa shape index (κ2) is 3.57. The minimum Gasteiger partial charge on any atom is -0.342 e. The smallest absolute Gasteiger partial charge is 0.265 e. The summed E-state index contributed by atoms with van der Waals surface area (Å²) in [6.45, 7) is 2.93. The van der Waals surface area contributed by atoms with Crippen molar-refractivity contribution in [1.29, 1.82) is 0 Å². The Bertz CT molecular complexity index is 306. The monoisotopic (exact) mass is 196 g/mol. The maximum absolute atomic E-state index is 5.70. The van der Waals surface area contributed by atoms with Gasteiger partial charge in [-0.25, -0.2) is 0 Å². The van der Waals surface area contributed by atoms with Crippen LogP contribution in [0.1, 0.15) is 31.6 Å². The van der Waals surface area contributed by atoms with Crippen LogP contribution in [0.5, 0.6) is 0 Å². The molecule has 1 aromatic heterocycles. The topological polar surface area (TPSA) is 68.2 Å². The van der Waals surface area contributed by atoms with Crippen LogP contribution in [0.25, 0.3) is 0 Å². The van der Waals surface area contributed by atoms with Gasteiger partial charge in [-0.2, -0.15) is 4.98 Å². The third kappa shape index (κ3) is 1.59. The van der Waals surface area contributed by atoms with Crippen molar-refractivity contribution >= 4 is 5.95 Å². The molecule has 2 N–H and O–H groups in total. The van der Waals surface area contributed by atoms with Gasteiger partial charge in [0.25, 0.3) is 5.95 Å². The Balaban J connectivity index is 2.03. The molecule has 0 aromatic carbocycles. The predicted molar refractivity (Wildman–Crippen MR) is 53.2 cm³/mol. The van der Waals surface area contributed by atoms with Crippen molar-refractivity contribution in [2.45, 2.75) is 31.7 Å². The minimum absolute atomic E-state index is 0.319. The molecule has 0 spiro atoms. The van der Waals surface area contributed by atoms with E-state index in [1.165, 1.54) is 0 Å². The molecule has 78 valence electrons. The van der Waals surface area contributed by atoms with Crippen LogP contribution in [0, 0.1) is 0 Å². The van der Waals surface area contributed by atoms with Crippen molar-refractivity contribution in [3.63, 3.8) is 0 Å². The van der Waals surface area contributed by atoms with Crippen molar-refractivity contribution in [1.82, 2.24) is 10.1 Å². The summed E-state index contributed by atoms with van der Waals surface area (Å²) in [5, 5.41) is 3.91. The Kier molecular flexibility index (Phi) is 2.41. The van der Waals surface area contributed by atoms with E-state index in [1.54, 1.807) is 0 Å². The molecule has 0 unspecified atom stereocenters. The first-order valence-electron chi connectivity index (χ1n) is 5.01. The van der Waals surface area contributed by atoms with E-state index in [4.69, 9.17) is 10.3 Å². The Labute approximate surface area is 83.3 Å². The van der Waals surface area contributed by atoms with E-state index in [9.17, 15) is 0 Å². The molecule has 0 saturated heterocycles. The molecule has 0 aliphatic heterocycles. The Morgan fingerprint density at radius 3 is 2.86 bits per heavy atom. The molecule has 14 heavy (non-hydrogen) atoms. The van der Waals surface area contributed by atoms with Gasteiger partial charge in [0.1, 0.15) is 0 Å². The number of nitrogens with zero attached hydrogens (tertiary/aromatic N) is 3. The van der Waals surface area contributed by atoms with Crippen molar-refractivity contribution in [2.75, 3.05) is 18.5 Å². The van der Waals surface area contributed by atoms with Gasteiger partial charge in [0.15, 0.2) is 0 Å². The molecule has 1 aliphatic rings. The van der Waals surface area contributed by atoms with Gasteiger partial charge < -0.3 is 15.2 Å². The molecule has 0 atom stereocenters. The lowest BCUT2D eigenvalue weighted by Crippen LogP contribution is -2.34. The van der Waals surface area contributed by atoms with Gasteiger partial charge in [0.05, 0.1) is 0 Å². The Morgan fingerprint density at radius 2 is 2.29 bits per heavy atom. The highest BCUT2D eigenvalue weighted by atomic mass is 16.5. The molecule has 1 aliphatic carbocycles. The van der Waals surface area contributed by atoms with Gasteiger partial charge in [0, 0.05) is 25.6 Å². The molecule has 0 amide bonds. The van der Waals surface area contributed by atoms with Gasteiger partial charge in [-0.05, 0) is 24.9 Å². The molecule has 1 saturated carbocycles. The highest BCUT2D eigenvalue weighted by molar-refractivity contribution is 5.26. The van der Waals surface area contributed by atoms with E-state index in [2.05, 4.69) is 17.1 Å². The number of hydrogen-bond donors (Lipinski definition) is 1. The number of nitrogens with two attached hydrogens (primary N) is 1. The van der Waals surface area contributed by atoms with E-state index < -0.39 is 0 Å². The van der Waals surface area contributed by atoms with Crippen LogP contribution < -0.4 is 10.6 Å². The molecule has 0 radical (unpaired) electrons. The van der Waals surface area contributed by atoms with Crippen LogP contribution in [-0.4, -0.2) is 29.8 Å². The van der Waals surface area contributed by atoms with E-state index in [0.29, 0.717) is 17.9 Å². The number of rotatable bonds is 3. The SMILES string of the molecule is CCN(C)c1noc(C2CC(N)C2)n1. The first kappa shape index (κ1) is 9.45. The Morgan fingerprint density at radius 1 is 1.57 bits per heavy atom. The summed E-state index contributed by atoms with van der Waals surface area (Å²) in [7, 11) is 1.95. The van der Waals surface area contributed by atoms with Crippen molar-refractivity contribution < 1.29 is 4.52 Å². The van der Waals surface area contributed by atoms with Crippen LogP contribution in [-0.2, 0) is 0 Å². The summed E-state index contributed by atoms with van der Waals surface area (Å²) in [6.07, 6.45) is 1.94. The van der Waals surface area contributed by atoms with Crippen LogP contribution in [0.3, 0.4) is 0 Å². The fraction of sp³-hybridized carbons (Fsp3) is 0.778. The maximum atomic E-state index is 5.70. The lowest BCUT2D eigenvalue weighted by atomic mass is 9.81. The van der Waals surface area contributed by atoms with Gasteiger partial charge in [0.2, 0.25) is 5.89 Å². The minimum atomic E-state index is 0.319. The zero-order valence-corrected chi connectivity index (χ0v) is 8.60. The van der Waals surface area contributed by atoms with E-state index >= 15 is 0 Å².